The number of nitrogens with one attached hydrogen (secondary N) is 2. The van der Waals surface area contributed by atoms with Crippen LogP contribution in [0.4, 0.5) is 0 Å². The lowest BCUT2D eigenvalue weighted by atomic mass is 9.83. The molecule has 2 N–H and O–H groups in total. The molecule has 2 aliphatic rings. The number of thiophene rings is 1. The van der Waals surface area contributed by atoms with Gasteiger partial charge in [0.05, 0.1) is 6.04 Å². The molecule has 2 atom stereocenters. The predicted octanol–water partition coefficient (Wildman–Crippen LogP) is 2.46. The van der Waals surface area contributed by atoms with Gasteiger partial charge in [-0.25, -0.2) is 0 Å². The molecule has 0 aromatic carbocycles. The molecule has 3 heterocycles. The highest BCUT2D eigenvalue weighted by Gasteiger charge is 2.42. The second-order valence-electron chi connectivity index (χ2n) is 7.33. The zero-order valence-electron chi connectivity index (χ0n) is 15.5. The molecule has 2 unspecified atom stereocenters. The lowest BCUT2D eigenvalue weighted by Gasteiger charge is -2.32. The molecular weight excluding hydrogens is 477 g/mol. The van der Waals surface area contributed by atoms with Crippen molar-refractivity contribution >= 4 is 51.6 Å². The molecule has 27 heavy (non-hydrogen) atoms. The molecule has 1 saturated heterocycles. The van der Waals surface area contributed by atoms with Gasteiger partial charge in [0.15, 0.2) is 0 Å². The highest BCUT2D eigenvalue weighted by Crippen LogP contribution is 2.28. The van der Waals surface area contributed by atoms with Crippen LogP contribution in [-0.4, -0.2) is 48.3 Å². The summed E-state index contributed by atoms with van der Waals surface area (Å²) >= 11 is 3.66. The van der Waals surface area contributed by atoms with Gasteiger partial charge in [0.25, 0.3) is 5.91 Å². The summed E-state index contributed by atoms with van der Waals surface area (Å²) in [6, 6.07) is -0.290. The first kappa shape index (κ1) is 20.3. The van der Waals surface area contributed by atoms with Crippen LogP contribution < -0.4 is 10.6 Å². The molecule has 3 amide bonds. The molecular formula is C19H24IN3O3S. The fourth-order valence-electron chi connectivity index (χ4n) is 3.36. The largest absolute Gasteiger partial charge is 0.355 e. The lowest BCUT2D eigenvalue weighted by Crippen LogP contribution is -2.54. The van der Waals surface area contributed by atoms with Gasteiger partial charge < -0.3 is 15.5 Å². The van der Waals surface area contributed by atoms with E-state index in [0.717, 1.165) is 26.9 Å². The first-order chi connectivity index (χ1) is 12.8. The molecule has 0 bridgehead atoms. The number of amides is 3. The Labute approximate surface area is 176 Å². The fourth-order valence-corrected chi connectivity index (χ4v) is 5.25. The number of carbonyl (C=O) groups excluding carboxylic acids is 3. The van der Waals surface area contributed by atoms with Gasteiger partial charge in [0, 0.05) is 23.2 Å². The van der Waals surface area contributed by atoms with Crippen molar-refractivity contribution in [3.8, 4) is 0 Å². The Kier molecular flexibility index (Phi) is 6.25. The van der Waals surface area contributed by atoms with Crippen LogP contribution in [0.5, 0.6) is 0 Å². The first-order valence-electron chi connectivity index (χ1n) is 9.11. The third kappa shape index (κ3) is 4.21. The molecule has 0 radical (unpaired) electrons. The smallest absolute Gasteiger partial charge is 0.265 e. The van der Waals surface area contributed by atoms with Crippen LogP contribution >= 0.6 is 33.9 Å². The van der Waals surface area contributed by atoms with Gasteiger partial charge in [0.2, 0.25) is 11.8 Å². The molecule has 0 spiro atoms. The number of hydrogen-bond acceptors (Lipinski definition) is 4. The maximum absolute atomic E-state index is 12.8. The van der Waals surface area contributed by atoms with E-state index in [-0.39, 0.29) is 23.8 Å². The molecule has 0 aliphatic carbocycles. The topological polar surface area (TPSA) is 78.5 Å². The van der Waals surface area contributed by atoms with Gasteiger partial charge in [-0.3, -0.25) is 14.4 Å². The van der Waals surface area contributed by atoms with Gasteiger partial charge in [0.1, 0.15) is 10.3 Å². The van der Waals surface area contributed by atoms with Crippen molar-refractivity contribution in [3.63, 3.8) is 0 Å². The van der Waals surface area contributed by atoms with Crippen molar-refractivity contribution in [1.29, 1.82) is 0 Å². The zero-order chi connectivity index (χ0) is 19.6. The zero-order valence-corrected chi connectivity index (χ0v) is 18.5. The van der Waals surface area contributed by atoms with Gasteiger partial charge >= 0.3 is 0 Å². The normalized spacial score (nSPS) is 25.7. The molecule has 6 nitrogen and oxygen atoms in total. The average molecular weight is 501 g/mol. The van der Waals surface area contributed by atoms with E-state index in [0.29, 0.717) is 26.1 Å². The molecule has 1 aromatic heterocycles. The Balaban J connectivity index is 1.68. The quantitative estimate of drug-likeness (QED) is 0.380. The van der Waals surface area contributed by atoms with Crippen LogP contribution in [0.25, 0.3) is 0 Å². The Hall–Kier alpha value is -1.42. The second kappa shape index (κ2) is 8.30. The van der Waals surface area contributed by atoms with E-state index in [2.05, 4.69) is 33.2 Å². The maximum atomic E-state index is 12.8. The Morgan fingerprint density at radius 2 is 2.19 bits per heavy atom. The van der Waals surface area contributed by atoms with Crippen LogP contribution in [0.1, 0.15) is 41.4 Å². The Morgan fingerprint density at radius 1 is 1.41 bits per heavy atom. The summed E-state index contributed by atoms with van der Waals surface area (Å²) in [6.07, 6.45) is 6.07. The third-order valence-electron chi connectivity index (χ3n) is 5.20. The summed E-state index contributed by atoms with van der Waals surface area (Å²) in [5.74, 6) is -0.499. The van der Waals surface area contributed by atoms with Gasteiger partial charge in [-0.1, -0.05) is 18.6 Å². The van der Waals surface area contributed by atoms with Crippen LogP contribution in [0.2, 0.25) is 0 Å². The predicted molar refractivity (Wildman–Crippen MR) is 114 cm³/mol. The van der Waals surface area contributed by atoms with Crippen molar-refractivity contribution in [2.45, 2.75) is 39.2 Å². The maximum Gasteiger partial charge on any atom is 0.265 e. The number of carbonyl (C=O) groups is 3. The van der Waals surface area contributed by atoms with E-state index in [1.54, 1.807) is 11.8 Å². The molecule has 1 aromatic rings. The van der Waals surface area contributed by atoms with Gasteiger partial charge in [-0.2, -0.15) is 0 Å². The highest BCUT2D eigenvalue weighted by atomic mass is 127. The standard InChI is InChI=1S/C19H24IN3O3S/c1-12-11-27-15(14(12)20)16(24)23-9-5-6-13(10-23)22-18(26)19(2)7-3-4-8-21-17(19)25/h5-6,11,13H,3-4,7-10H2,1-2H3,(H,21,25)(H,22,26). The molecule has 2 aliphatic heterocycles. The second-order valence-corrected chi connectivity index (χ2v) is 9.28. The van der Waals surface area contributed by atoms with Crippen LogP contribution in [0, 0.1) is 15.9 Å². The van der Waals surface area contributed by atoms with E-state index in [1.165, 1.54) is 11.3 Å². The summed E-state index contributed by atoms with van der Waals surface area (Å²) in [5, 5.41) is 7.78. The van der Waals surface area contributed by atoms with E-state index in [9.17, 15) is 14.4 Å². The van der Waals surface area contributed by atoms with E-state index in [1.807, 2.05) is 24.5 Å². The van der Waals surface area contributed by atoms with Crippen molar-refractivity contribution < 1.29 is 14.4 Å². The van der Waals surface area contributed by atoms with Crippen molar-refractivity contribution in [1.82, 2.24) is 15.5 Å². The summed E-state index contributed by atoms with van der Waals surface area (Å²) in [4.78, 5) is 40.5. The molecule has 146 valence electrons. The summed E-state index contributed by atoms with van der Waals surface area (Å²) < 4.78 is 0.986. The van der Waals surface area contributed by atoms with Crippen molar-refractivity contribution in [2.75, 3.05) is 19.6 Å². The molecule has 3 rings (SSSR count). The number of halogens is 1. The third-order valence-corrected chi connectivity index (χ3v) is 8.04. The summed E-state index contributed by atoms with van der Waals surface area (Å²) in [6.45, 7) is 5.25. The monoisotopic (exact) mass is 501 g/mol. The minimum absolute atomic E-state index is 0.0143. The van der Waals surface area contributed by atoms with Crippen LogP contribution in [-0.2, 0) is 9.59 Å². The average Bonchev–Trinajstić information content (AvgIpc) is 2.88. The van der Waals surface area contributed by atoms with Gasteiger partial charge in [-0.05, 0) is 60.2 Å². The van der Waals surface area contributed by atoms with E-state index in [4.69, 9.17) is 0 Å². The minimum atomic E-state index is -1.06. The highest BCUT2D eigenvalue weighted by molar-refractivity contribution is 14.1. The van der Waals surface area contributed by atoms with Crippen molar-refractivity contribution in [3.05, 3.63) is 31.5 Å². The van der Waals surface area contributed by atoms with E-state index < -0.39 is 5.41 Å². The molecule has 1 fully saturated rings. The van der Waals surface area contributed by atoms with Crippen molar-refractivity contribution in [2.24, 2.45) is 5.41 Å². The molecule has 8 heteroatoms. The number of aryl methyl sites for hydroxylation is 1. The van der Waals surface area contributed by atoms with E-state index >= 15 is 0 Å². The molecule has 0 saturated carbocycles. The number of nitrogens with zero attached hydrogens (tertiary/aromatic N) is 1. The summed E-state index contributed by atoms with van der Waals surface area (Å²) in [5.41, 5.74) is 0.0466. The Bertz CT molecular complexity index is 791. The van der Waals surface area contributed by atoms with Crippen LogP contribution in [0.3, 0.4) is 0 Å². The van der Waals surface area contributed by atoms with Gasteiger partial charge in [-0.15, -0.1) is 11.3 Å². The number of rotatable bonds is 3. The number of hydrogen-bond donors (Lipinski definition) is 2. The summed E-state index contributed by atoms with van der Waals surface area (Å²) in [7, 11) is 0. The fraction of sp³-hybridized carbons (Fsp3) is 0.526. The Morgan fingerprint density at radius 3 is 2.89 bits per heavy atom. The van der Waals surface area contributed by atoms with Crippen LogP contribution in [0.15, 0.2) is 17.5 Å². The lowest BCUT2D eigenvalue weighted by molar-refractivity contribution is -0.142. The minimum Gasteiger partial charge on any atom is -0.355 e. The first-order valence-corrected chi connectivity index (χ1v) is 11.1. The SMILES string of the molecule is Cc1csc(C(=O)N2CC=CC(NC(=O)C3(C)CCCCNC3=O)C2)c1I.